The van der Waals surface area contributed by atoms with E-state index >= 15 is 0 Å². The minimum Gasteiger partial charge on any atom is -0.507 e. The smallest absolute Gasteiger partial charge is 0.342 e. The van der Waals surface area contributed by atoms with Gasteiger partial charge in [-0.15, -0.1) is 0 Å². The molecular formula is C32H35NO6. The summed E-state index contributed by atoms with van der Waals surface area (Å²) < 4.78 is 17.0. The Hall–Kier alpha value is -3.84. The second kappa shape index (κ2) is 11.1. The topological polar surface area (TPSA) is 89.2 Å². The lowest BCUT2D eigenvalue weighted by atomic mass is 9.86. The van der Waals surface area contributed by atoms with Gasteiger partial charge in [-0.05, 0) is 59.2 Å². The molecule has 39 heavy (non-hydrogen) atoms. The number of carbonyl (C=O) groups excluding carboxylic acids is 2. The third-order valence-electron chi connectivity index (χ3n) is 7.70. The highest BCUT2D eigenvalue weighted by molar-refractivity contribution is 6.16. The molecule has 1 saturated heterocycles. The quantitative estimate of drug-likeness (QED) is 0.275. The van der Waals surface area contributed by atoms with Crippen LogP contribution in [0.1, 0.15) is 65.5 Å². The number of aryl methyl sites for hydroxylation is 2. The van der Waals surface area contributed by atoms with E-state index in [2.05, 4.69) is 29.2 Å². The Kier molecular flexibility index (Phi) is 7.62. The van der Waals surface area contributed by atoms with Crippen molar-refractivity contribution in [2.75, 3.05) is 26.3 Å². The summed E-state index contributed by atoms with van der Waals surface area (Å²) in [6.07, 6.45) is 1.29. The van der Waals surface area contributed by atoms with E-state index in [0.29, 0.717) is 65.8 Å². The Bertz CT molecular complexity index is 1510. The van der Waals surface area contributed by atoms with Gasteiger partial charge >= 0.3 is 11.9 Å². The van der Waals surface area contributed by atoms with Crippen LogP contribution in [0.3, 0.4) is 0 Å². The molecule has 0 amide bonds. The SMILES string of the molecule is CCOC(=O)c1c(C)oc2c1c(C(c1ccc(C)cc1)N1CCC(C(=O)OCC)CC1)c(O)c1ccccc12. The molecule has 1 aliphatic heterocycles. The van der Waals surface area contributed by atoms with Gasteiger partial charge in [0.2, 0.25) is 0 Å². The summed E-state index contributed by atoms with van der Waals surface area (Å²) >= 11 is 0. The highest BCUT2D eigenvalue weighted by Gasteiger charge is 2.36. The van der Waals surface area contributed by atoms with E-state index in [1.54, 1.807) is 13.8 Å². The number of furan rings is 1. The van der Waals surface area contributed by atoms with Gasteiger partial charge in [-0.25, -0.2) is 4.79 Å². The lowest BCUT2D eigenvalue weighted by molar-refractivity contribution is -0.149. The van der Waals surface area contributed by atoms with Gasteiger partial charge in [-0.2, -0.15) is 0 Å². The number of nitrogens with zero attached hydrogens (tertiary/aromatic N) is 1. The minimum absolute atomic E-state index is 0.113. The summed E-state index contributed by atoms with van der Waals surface area (Å²) in [5.41, 5.74) is 3.61. The van der Waals surface area contributed by atoms with Gasteiger partial charge in [0.25, 0.3) is 0 Å². The van der Waals surface area contributed by atoms with Gasteiger partial charge < -0.3 is 19.0 Å². The van der Waals surface area contributed by atoms with E-state index in [1.807, 2.05) is 38.1 Å². The molecule has 4 aromatic rings. The van der Waals surface area contributed by atoms with Gasteiger partial charge in [0.15, 0.2) is 0 Å². The van der Waals surface area contributed by atoms with Crippen molar-refractivity contribution < 1.29 is 28.6 Å². The molecule has 1 N–H and O–H groups in total. The summed E-state index contributed by atoms with van der Waals surface area (Å²) in [5, 5.41) is 13.9. The van der Waals surface area contributed by atoms with E-state index in [9.17, 15) is 14.7 Å². The van der Waals surface area contributed by atoms with Crippen LogP contribution < -0.4 is 0 Å². The largest absolute Gasteiger partial charge is 0.507 e. The van der Waals surface area contributed by atoms with Gasteiger partial charge in [0, 0.05) is 21.7 Å². The molecule has 1 aliphatic rings. The second-order valence-electron chi connectivity index (χ2n) is 10.1. The first-order chi connectivity index (χ1) is 18.8. The van der Waals surface area contributed by atoms with Crippen molar-refractivity contribution in [1.82, 2.24) is 4.90 Å². The van der Waals surface area contributed by atoms with Crippen LogP contribution in [0, 0.1) is 19.8 Å². The summed E-state index contributed by atoms with van der Waals surface area (Å²) in [6.45, 7) is 9.23. The van der Waals surface area contributed by atoms with Crippen LogP contribution in [0.5, 0.6) is 5.75 Å². The van der Waals surface area contributed by atoms with Gasteiger partial charge in [-0.1, -0.05) is 54.1 Å². The normalized spacial score (nSPS) is 15.5. The molecule has 204 valence electrons. The van der Waals surface area contributed by atoms with E-state index in [0.717, 1.165) is 16.5 Å². The highest BCUT2D eigenvalue weighted by atomic mass is 16.5. The van der Waals surface area contributed by atoms with Crippen molar-refractivity contribution in [2.24, 2.45) is 5.92 Å². The molecule has 0 radical (unpaired) electrons. The van der Waals surface area contributed by atoms with Gasteiger partial charge in [0.05, 0.1) is 25.2 Å². The summed E-state index contributed by atoms with van der Waals surface area (Å²) in [5.74, 6) is -0.230. The predicted octanol–water partition coefficient (Wildman–Crippen LogP) is 6.45. The molecule has 1 aromatic heterocycles. The zero-order valence-electron chi connectivity index (χ0n) is 23.0. The van der Waals surface area contributed by atoms with Crippen molar-refractivity contribution in [3.8, 4) is 5.75 Å². The number of ether oxygens (including phenoxy) is 2. The molecule has 0 bridgehead atoms. The van der Waals surface area contributed by atoms with Crippen LogP contribution in [0.25, 0.3) is 21.7 Å². The van der Waals surface area contributed by atoms with E-state index < -0.39 is 5.97 Å². The van der Waals surface area contributed by atoms with E-state index in [4.69, 9.17) is 13.9 Å². The van der Waals surface area contributed by atoms with Crippen LogP contribution >= 0.6 is 0 Å². The molecule has 3 aromatic carbocycles. The monoisotopic (exact) mass is 529 g/mol. The number of rotatable bonds is 7. The Morgan fingerprint density at radius 2 is 1.62 bits per heavy atom. The first-order valence-electron chi connectivity index (χ1n) is 13.7. The maximum absolute atomic E-state index is 13.3. The lowest BCUT2D eigenvalue weighted by Crippen LogP contribution is -2.39. The predicted molar refractivity (Wildman–Crippen MR) is 150 cm³/mol. The second-order valence-corrected chi connectivity index (χ2v) is 10.1. The Morgan fingerprint density at radius 3 is 2.26 bits per heavy atom. The number of benzene rings is 3. The minimum atomic E-state index is -0.478. The fourth-order valence-electron chi connectivity index (χ4n) is 5.82. The van der Waals surface area contributed by atoms with Crippen molar-refractivity contribution in [3.63, 3.8) is 0 Å². The first-order valence-corrected chi connectivity index (χ1v) is 13.7. The lowest BCUT2D eigenvalue weighted by Gasteiger charge is -2.38. The summed E-state index contributed by atoms with van der Waals surface area (Å²) in [4.78, 5) is 28.0. The van der Waals surface area contributed by atoms with Gasteiger partial charge in [-0.3, -0.25) is 9.69 Å². The van der Waals surface area contributed by atoms with Gasteiger partial charge in [0.1, 0.15) is 22.7 Å². The number of fused-ring (bicyclic) bond motifs is 3. The maximum atomic E-state index is 13.3. The number of hydrogen-bond donors (Lipinski definition) is 1. The third kappa shape index (κ3) is 4.87. The van der Waals surface area contributed by atoms with Crippen LogP contribution in [0.4, 0.5) is 0 Å². The number of phenolic OH excluding ortho intramolecular Hbond substituents is 1. The molecule has 1 unspecified atom stereocenters. The van der Waals surface area contributed by atoms with Crippen molar-refractivity contribution in [2.45, 2.75) is 46.6 Å². The Labute approximate surface area is 228 Å². The van der Waals surface area contributed by atoms with Crippen LogP contribution in [0.2, 0.25) is 0 Å². The van der Waals surface area contributed by atoms with Crippen molar-refractivity contribution in [3.05, 3.63) is 76.5 Å². The zero-order valence-corrected chi connectivity index (χ0v) is 23.0. The number of esters is 2. The fraction of sp³-hybridized carbons (Fsp3) is 0.375. The Balaban J connectivity index is 1.75. The molecule has 5 rings (SSSR count). The molecule has 1 fully saturated rings. The molecule has 2 heterocycles. The molecule has 1 atom stereocenters. The average molecular weight is 530 g/mol. The number of phenols is 1. The Morgan fingerprint density at radius 1 is 0.974 bits per heavy atom. The molecule has 7 nitrogen and oxygen atoms in total. The fourth-order valence-corrected chi connectivity index (χ4v) is 5.82. The van der Waals surface area contributed by atoms with E-state index in [1.165, 1.54) is 0 Å². The number of hydrogen-bond acceptors (Lipinski definition) is 7. The average Bonchev–Trinajstić information content (AvgIpc) is 3.29. The molecule has 7 heteroatoms. The molecule has 0 aliphatic carbocycles. The highest BCUT2D eigenvalue weighted by Crippen LogP contribution is 2.48. The van der Waals surface area contributed by atoms with Crippen LogP contribution in [-0.2, 0) is 14.3 Å². The van der Waals surface area contributed by atoms with Crippen molar-refractivity contribution >= 4 is 33.7 Å². The van der Waals surface area contributed by atoms with Crippen LogP contribution in [0.15, 0.2) is 52.9 Å². The standard InChI is InChI=1S/C32H35NO6/c1-5-37-31(35)22-15-17-33(18-16-22)28(21-13-11-19(3)12-14-21)27-26-25(32(36)38-6-2)20(4)39-30(26)24-10-8-7-9-23(24)29(27)34/h7-14,22,28,34H,5-6,15-18H2,1-4H3. The third-order valence-corrected chi connectivity index (χ3v) is 7.70. The van der Waals surface area contributed by atoms with Crippen LogP contribution in [-0.4, -0.2) is 48.2 Å². The number of likely N-dealkylation sites (tertiary alicyclic amines) is 1. The molecule has 0 saturated carbocycles. The zero-order chi connectivity index (χ0) is 27.7. The molecule has 0 spiro atoms. The maximum Gasteiger partial charge on any atom is 0.342 e. The number of aromatic hydroxyl groups is 1. The first kappa shape index (κ1) is 26.8. The van der Waals surface area contributed by atoms with E-state index in [-0.39, 0.29) is 30.3 Å². The summed E-state index contributed by atoms with van der Waals surface area (Å²) in [7, 11) is 0. The number of piperidine rings is 1. The molecular weight excluding hydrogens is 494 g/mol. The summed E-state index contributed by atoms with van der Waals surface area (Å²) in [6, 6.07) is 15.4. The van der Waals surface area contributed by atoms with Crippen molar-refractivity contribution in [1.29, 1.82) is 0 Å². The number of carbonyl (C=O) groups is 2.